The zero-order valence-corrected chi connectivity index (χ0v) is 12.8. The maximum Gasteiger partial charge on any atom is 0.0474 e. The topological polar surface area (TPSA) is 58.3 Å². The van der Waals surface area contributed by atoms with Crippen molar-refractivity contribution in [2.24, 2.45) is 23.5 Å². The van der Waals surface area contributed by atoms with Crippen molar-refractivity contribution < 1.29 is 5.11 Å². The SMILES string of the molecule is NCC1(NC2CCCCC2CO)CCCC(C2CC2)C1. The van der Waals surface area contributed by atoms with E-state index in [0.29, 0.717) is 18.6 Å². The number of rotatable bonds is 5. The lowest BCUT2D eigenvalue weighted by molar-refractivity contribution is 0.0958. The molecule has 0 aromatic heterocycles. The summed E-state index contributed by atoms with van der Waals surface area (Å²) in [6, 6.07) is 0.496. The second-order valence-corrected chi connectivity index (χ2v) is 7.66. The van der Waals surface area contributed by atoms with Gasteiger partial charge in [0.2, 0.25) is 0 Å². The Labute approximate surface area is 123 Å². The van der Waals surface area contributed by atoms with Crippen LogP contribution in [0.5, 0.6) is 0 Å². The molecule has 0 radical (unpaired) electrons. The largest absolute Gasteiger partial charge is 0.396 e. The quantitative estimate of drug-likeness (QED) is 0.725. The first-order valence-corrected chi connectivity index (χ1v) is 8.85. The van der Waals surface area contributed by atoms with Crippen LogP contribution in [-0.2, 0) is 0 Å². The van der Waals surface area contributed by atoms with Gasteiger partial charge in [0.1, 0.15) is 0 Å². The van der Waals surface area contributed by atoms with Crippen LogP contribution in [0, 0.1) is 17.8 Å². The highest BCUT2D eigenvalue weighted by Crippen LogP contribution is 2.46. The lowest BCUT2D eigenvalue weighted by Gasteiger charge is -2.46. The first kappa shape index (κ1) is 14.8. The van der Waals surface area contributed by atoms with Crippen molar-refractivity contribution in [2.45, 2.75) is 75.8 Å². The number of hydrogen-bond donors (Lipinski definition) is 3. The Morgan fingerprint density at radius 1 is 1.00 bits per heavy atom. The Balaban J connectivity index is 1.64. The van der Waals surface area contributed by atoms with Crippen LogP contribution >= 0.6 is 0 Å². The van der Waals surface area contributed by atoms with E-state index in [2.05, 4.69) is 5.32 Å². The van der Waals surface area contributed by atoms with Crippen LogP contribution in [0.1, 0.15) is 64.2 Å². The summed E-state index contributed by atoms with van der Waals surface area (Å²) in [6.45, 7) is 1.11. The molecule has 3 saturated carbocycles. The van der Waals surface area contributed by atoms with Crippen molar-refractivity contribution >= 4 is 0 Å². The summed E-state index contributed by atoms with van der Waals surface area (Å²) in [7, 11) is 0. The molecule has 0 aromatic carbocycles. The van der Waals surface area contributed by atoms with E-state index in [4.69, 9.17) is 5.73 Å². The van der Waals surface area contributed by atoms with Crippen LogP contribution < -0.4 is 11.1 Å². The van der Waals surface area contributed by atoms with E-state index in [0.717, 1.165) is 18.4 Å². The van der Waals surface area contributed by atoms with Gasteiger partial charge >= 0.3 is 0 Å². The number of nitrogens with two attached hydrogens (primary N) is 1. The van der Waals surface area contributed by atoms with Gasteiger partial charge in [-0.15, -0.1) is 0 Å². The maximum absolute atomic E-state index is 9.63. The lowest BCUT2D eigenvalue weighted by Crippen LogP contribution is -2.60. The van der Waals surface area contributed by atoms with Gasteiger partial charge in [0.15, 0.2) is 0 Å². The average molecular weight is 280 g/mol. The average Bonchev–Trinajstić information content (AvgIpc) is 3.33. The fourth-order valence-electron chi connectivity index (χ4n) is 4.76. The van der Waals surface area contributed by atoms with Crippen LogP contribution in [0.15, 0.2) is 0 Å². The zero-order chi connectivity index (χ0) is 14.0. The van der Waals surface area contributed by atoms with Gasteiger partial charge in [-0.05, 0) is 56.3 Å². The molecule has 4 atom stereocenters. The van der Waals surface area contributed by atoms with Gasteiger partial charge in [0.05, 0.1) is 0 Å². The monoisotopic (exact) mass is 280 g/mol. The second kappa shape index (κ2) is 6.33. The van der Waals surface area contributed by atoms with E-state index in [-0.39, 0.29) is 5.54 Å². The van der Waals surface area contributed by atoms with E-state index in [1.165, 1.54) is 64.2 Å². The van der Waals surface area contributed by atoms with Crippen molar-refractivity contribution in [1.29, 1.82) is 0 Å². The van der Waals surface area contributed by atoms with Crippen molar-refractivity contribution in [2.75, 3.05) is 13.2 Å². The number of aliphatic hydroxyl groups excluding tert-OH is 1. The van der Waals surface area contributed by atoms with Gasteiger partial charge < -0.3 is 16.2 Å². The molecule has 3 aliphatic rings. The Morgan fingerprint density at radius 3 is 2.50 bits per heavy atom. The van der Waals surface area contributed by atoms with Crippen LogP contribution in [0.4, 0.5) is 0 Å². The fraction of sp³-hybridized carbons (Fsp3) is 1.00. The third-order valence-corrected chi connectivity index (χ3v) is 6.20. The van der Waals surface area contributed by atoms with Crippen LogP contribution in [0.2, 0.25) is 0 Å². The predicted molar refractivity (Wildman–Crippen MR) is 82.4 cm³/mol. The summed E-state index contributed by atoms with van der Waals surface area (Å²) < 4.78 is 0. The maximum atomic E-state index is 9.63. The third-order valence-electron chi connectivity index (χ3n) is 6.20. The highest BCUT2D eigenvalue weighted by atomic mass is 16.3. The molecule has 0 aromatic rings. The fourth-order valence-corrected chi connectivity index (χ4v) is 4.76. The molecule has 4 unspecified atom stereocenters. The summed E-state index contributed by atoms with van der Waals surface area (Å²) in [4.78, 5) is 0. The minimum atomic E-state index is 0.168. The molecule has 4 N–H and O–H groups in total. The Bertz CT molecular complexity index is 318. The van der Waals surface area contributed by atoms with Crippen LogP contribution in [-0.4, -0.2) is 29.8 Å². The smallest absolute Gasteiger partial charge is 0.0474 e. The van der Waals surface area contributed by atoms with Gasteiger partial charge in [0, 0.05) is 24.7 Å². The molecule has 3 rings (SSSR count). The highest BCUT2D eigenvalue weighted by molar-refractivity contribution is 5.00. The molecule has 0 aliphatic heterocycles. The molecule has 3 aliphatic carbocycles. The van der Waals surface area contributed by atoms with Gasteiger partial charge in [-0.1, -0.05) is 25.7 Å². The molecule has 0 heterocycles. The number of aliphatic hydroxyl groups is 1. The molecule has 0 bridgehead atoms. The van der Waals surface area contributed by atoms with Gasteiger partial charge in [-0.3, -0.25) is 0 Å². The van der Waals surface area contributed by atoms with Crippen molar-refractivity contribution in [1.82, 2.24) is 5.32 Å². The van der Waals surface area contributed by atoms with Crippen molar-refractivity contribution in [3.63, 3.8) is 0 Å². The molecular formula is C17H32N2O. The minimum absolute atomic E-state index is 0.168. The standard InChI is InChI=1S/C17H32N2O/c18-12-17(9-3-5-14(10-17)13-7-8-13)19-16-6-2-1-4-15(16)11-20/h13-16,19-20H,1-12,18H2. The molecule has 20 heavy (non-hydrogen) atoms. The third kappa shape index (κ3) is 3.20. The van der Waals surface area contributed by atoms with Gasteiger partial charge in [-0.2, -0.15) is 0 Å². The van der Waals surface area contributed by atoms with Crippen LogP contribution in [0.25, 0.3) is 0 Å². The van der Waals surface area contributed by atoms with E-state index >= 15 is 0 Å². The molecule has 116 valence electrons. The van der Waals surface area contributed by atoms with Crippen molar-refractivity contribution in [3.8, 4) is 0 Å². The second-order valence-electron chi connectivity index (χ2n) is 7.66. The Kier molecular flexibility index (Phi) is 4.68. The van der Waals surface area contributed by atoms with Crippen molar-refractivity contribution in [3.05, 3.63) is 0 Å². The normalized spacial score (nSPS) is 42.6. The van der Waals surface area contributed by atoms with Crippen LogP contribution in [0.3, 0.4) is 0 Å². The van der Waals surface area contributed by atoms with E-state index < -0.39 is 0 Å². The molecule has 0 saturated heterocycles. The molecule has 0 amide bonds. The molecular weight excluding hydrogens is 248 g/mol. The van der Waals surface area contributed by atoms with Gasteiger partial charge in [0.25, 0.3) is 0 Å². The molecule has 3 nitrogen and oxygen atoms in total. The highest BCUT2D eigenvalue weighted by Gasteiger charge is 2.43. The summed E-state index contributed by atoms with van der Waals surface area (Å²) in [5.74, 6) is 2.37. The minimum Gasteiger partial charge on any atom is -0.396 e. The van der Waals surface area contributed by atoms with E-state index in [1.807, 2.05) is 0 Å². The zero-order valence-electron chi connectivity index (χ0n) is 12.8. The number of hydrogen-bond acceptors (Lipinski definition) is 3. The molecule has 0 spiro atoms. The summed E-state index contributed by atoms with van der Waals surface area (Å²) in [5, 5.41) is 13.6. The number of nitrogens with one attached hydrogen (secondary N) is 1. The predicted octanol–water partition coefficient (Wildman–Crippen LogP) is 2.42. The first-order chi connectivity index (χ1) is 9.76. The Hall–Kier alpha value is -0.120. The summed E-state index contributed by atoms with van der Waals surface area (Å²) in [5.41, 5.74) is 6.37. The summed E-state index contributed by atoms with van der Waals surface area (Å²) >= 11 is 0. The lowest BCUT2D eigenvalue weighted by atomic mass is 9.72. The van der Waals surface area contributed by atoms with E-state index in [9.17, 15) is 5.11 Å². The summed E-state index contributed by atoms with van der Waals surface area (Å²) in [6.07, 6.45) is 13.2. The molecule has 3 heteroatoms. The van der Waals surface area contributed by atoms with E-state index in [1.54, 1.807) is 0 Å². The van der Waals surface area contributed by atoms with Gasteiger partial charge in [-0.25, -0.2) is 0 Å². The Morgan fingerprint density at radius 2 is 1.80 bits per heavy atom. The molecule has 3 fully saturated rings. The first-order valence-electron chi connectivity index (χ1n) is 8.85.